The Morgan fingerprint density at radius 2 is 1.74 bits per heavy atom. The number of carbonyl (C=O) groups is 1. The van der Waals surface area contributed by atoms with E-state index in [0.29, 0.717) is 44.3 Å². The average molecular weight is 493 g/mol. The molecule has 0 aliphatic carbocycles. The molecule has 4 aromatic rings. The second kappa shape index (κ2) is 10.3. The van der Waals surface area contributed by atoms with Gasteiger partial charge in [-0.15, -0.1) is 0 Å². The van der Waals surface area contributed by atoms with Crippen LogP contribution in [0.25, 0.3) is 11.3 Å². The van der Waals surface area contributed by atoms with E-state index in [4.69, 9.17) is 17.3 Å². The second-order valence-corrected chi connectivity index (χ2v) is 8.20. The van der Waals surface area contributed by atoms with Gasteiger partial charge in [-0.3, -0.25) is 4.79 Å². The van der Waals surface area contributed by atoms with Gasteiger partial charge in [-0.1, -0.05) is 17.7 Å². The minimum absolute atomic E-state index is 0.00217. The fourth-order valence-electron chi connectivity index (χ4n) is 3.46. The Bertz CT molecular complexity index is 1380. The molecule has 0 atom stereocenters. The SMILES string of the molecule is Nc1nc(-c2cc(Nc3ccc(Cl)cc3CF)ccc2O)ccc1CNC(=O)c1ccc(O)cc1. The van der Waals surface area contributed by atoms with E-state index in [1.807, 2.05) is 0 Å². The van der Waals surface area contributed by atoms with E-state index in [2.05, 4.69) is 15.6 Å². The third kappa shape index (κ3) is 5.62. The van der Waals surface area contributed by atoms with Crippen molar-refractivity contribution in [2.45, 2.75) is 13.2 Å². The van der Waals surface area contributed by atoms with E-state index in [-0.39, 0.29) is 29.8 Å². The zero-order valence-electron chi connectivity index (χ0n) is 18.4. The molecular weight excluding hydrogens is 471 g/mol. The summed E-state index contributed by atoms with van der Waals surface area (Å²) in [6.45, 7) is -0.536. The van der Waals surface area contributed by atoms with Crippen LogP contribution in [0.5, 0.6) is 11.5 Å². The highest BCUT2D eigenvalue weighted by Gasteiger charge is 2.12. The van der Waals surface area contributed by atoms with Gasteiger partial charge in [-0.25, -0.2) is 9.37 Å². The molecule has 3 aromatic carbocycles. The van der Waals surface area contributed by atoms with Crippen LogP contribution in [0.2, 0.25) is 5.02 Å². The summed E-state index contributed by atoms with van der Waals surface area (Å²) in [6, 6.07) is 19.0. The quantitative estimate of drug-likeness (QED) is 0.216. The van der Waals surface area contributed by atoms with E-state index in [1.165, 1.54) is 30.3 Å². The van der Waals surface area contributed by atoms with Gasteiger partial charge >= 0.3 is 0 Å². The number of nitrogen functional groups attached to an aromatic ring is 1. The monoisotopic (exact) mass is 492 g/mol. The predicted octanol–water partition coefficient (Wildman–Crippen LogP) is 5.54. The lowest BCUT2D eigenvalue weighted by molar-refractivity contribution is 0.0951. The lowest BCUT2D eigenvalue weighted by atomic mass is 10.1. The van der Waals surface area contributed by atoms with Crippen LogP contribution in [0.15, 0.2) is 72.8 Å². The first kappa shape index (κ1) is 23.8. The molecule has 178 valence electrons. The van der Waals surface area contributed by atoms with Crippen LogP contribution >= 0.6 is 11.6 Å². The summed E-state index contributed by atoms with van der Waals surface area (Å²) in [5.41, 5.74) is 9.56. The highest BCUT2D eigenvalue weighted by molar-refractivity contribution is 6.30. The molecule has 9 heteroatoms. The number of hydrogen-bond donors (Lipinski definition) is 5. The number of phenolic OH excluding ortho intramolecular Hbond substituents is 2. The van der Waals surface area contributed by atoms with Crippen molar-refractivity contribution in [3.63, 3.8) is 0 Å². The van der Waals surface area contributed by atoms with Gasteiger partial charge in [-0.05, 0) is 66.7 Å². The topological polar surface area (TPSA) is 121 Å². The van der Waals surface area contributed by atoms with E-state index >= 15 is 0 Å². The number of aromatic nitrogens is 1. The number of anilines is 3. The third-order valence-electron chi connectivity index (χ3n) is 5.34. The fourth-order valence-corrected chi connectivity index (χ4v) is 3.66. The van der Waals surface area contributed by atoms with Crippen LogP contribution in [0.4, 0.5) is 21.6 Å². The Kier molecular flexibility index (Phi) is 7.03. The number of nitrogens with zero attached hydrogens (tertiary/aromatic N) is 1. The van der Waals surface area contributed by atoms with Gasteiger partial charge in [0.25, 0.3) is 5.91 Å². The zero-order valence-corrected chi connectivity index (χ0v) is 19.2. The first-order chi connectivity index (χ1) is 16.8. The molecule has 35 heavy (non-hydrogen) atoms. The van der Waals surface area contributed by atoms with Crippen LogP contribution < -0.4 is 16.4 Å². The van der Waals surface area contributed by atoms with Crippen molar-refractivity contribution in [3.8, 4) is 22.8 Å². The van der Waals surface area contributed by atoms with Crippen LogP contribution in [0.3, 0.4) is 0 Å². The number of halogens is 2. The summed E-state index contributed by atoms with van der Waals surface area (Å²) in [6.07, 6.45) is 0. The van der Waals surface area contributed by atoms with Gasteiger partial charge in [-0.2, -0.15) is 0 Å². The third-order valence-corrected chi connectivity index (χ3v) is 5.58. The zero-order chi connectivity index (χ0) is 24.9. The number of aromatic hydroxyl groups is 2. The number of pyridine rings is 1. The summed E-state index contributed by atoms with van der Waals surface area (Å²) >= 11 is 5.95. The van der Waals surface area contributed by atoms with Gasteiger partial charge in [0.1, 0.15) is 24.0 Å². The van der Waals surface area contributed by atoms with Crippen molar-refractivity contribution in [3.05, 3.63) is 94.5 Å². The molecule has 0 saturated heterocycles. The molecule has 0 aliphatic heterocycles. The van der Waals surface area contributed by atoms with Crippen LogP contribution in [-0.2, 0) is 13.2 Å². The van der Waals surface area contributed by atoms with E-state index in [9.17, 15) is 19.4 Å². The number of amides is 1. The molecule has 1 heterocycles. The first-order valence-corrected chi connectivity index (χ1v) is 11.0. The summed E-state index contributed by atoms with van der Waals surface area (Å²) in [5, 5.41) is 26.1. The van der Waals surface area contributed by atoms with Crippen LogP contribution in [0.1, 0.15) is 21.5 Å². The minimum Gasteiger partial charge on any atom is -0.508 e. The molecule has 0 bridgehead atoms. The van der Waals surface area contributed by atoms with Gasteiger partial charge in [0.05, 0.1) is 5.69 Å². The van der Waals surface area contributed by atoms with Crippen molar-refractivity contribution < 1.29 is 19.4 Å². The maximum absolute atomic E-state index is 13.4. The Hall–Kier alpha value is -4.30. The van der Waals surface area contributed by atoms with Gasteiger partial charge in [0.2, 0.25) is 0 Å². The van der Waals surface area contributed by atoms with Crippen molar-refractivity contribution in [1.82, 2.24) is 10.3 Å². The van der Waals surface area contributed by atoms with Crippen molar-refractivity contribution in [2.24, 2.45) is 0 Å². The maximum Gasteiger partial charge on any atom is 0.251 e. The van der Waals surface area contributed by atoms with Gasteiger partial charge < -0.3 is 26.6 Å². The number of rotatable bonds is 7. The molecule has 7 nitrogen and oxygen atoms in total. The number of alkyl halides is 1. The minimum atomic E-state index is -0.684. The molecule has 6 N–H and O–H groups in total. The number of benzene rings is 3. The molecule has 0 aliphatic rings. The Labute approximate surface area is 206 Å². The largest absolute Gasteiger partial charge is 0.508 e. The number of phenols is 2. The number of nitrogens with one attached hydrogen (secondary N) is 2. The number of carbonyl (C=O) groups excluding carboxylic acids is 1. The highest BCUT2D eigenvalue weighted by Crippen LogP contribution is 2.33. The summed E-state index contributed by atoms with van der Waals surface area (Å²) in [7, 11) is 0. The van der Waals surface area contributed by atoms with Crippen molar-refractivity contribution >= 4 is 34.7 Å². The molecule has 0 fully saturated rings. The number of hydrogen-bond acceptors (Lipinski definition) is 6. The summed E-state index contributed by atoms with van der Waals surface area (Å²) < 4.78 is 13.4. The average Bonchev–Trinajstić information content (AvgIpc) is 2.85. The predicted molar refractivity (Wildman–Crippen MR) is 135 cm³/mol. The number of nitrogens with two attached hydrogens (primary N) is 1. The Morgan fingerprint density at radius 1 is 0.971 bits per heavy atom. The molecule has 4 rings (SSSR count). The van der Waals surface area contributed by atoms with Gasteiger partial charge in [0, 0.05) is 45.2 Å². The Morgan fingerprint density at radius 3 is 2.46 bits per heavy atom. The molecule has 0 unspecified atom stereocenters. The molecular formula is C26H22ClFN4O3. The smallest absolute Gasteiger partial charge is 0.251 e. The fraction of sp³-hybridized carbons (Fsp3) is 0.0769. The molecule has 0 radical (unpaired) electrons. The summed E-state index contributed by atoms with van der Waals surface area (Å²) in [4.78, 5) is 16.7. The maximum atomic E-state index is 13.4. The molecule has 0 spiro atoms. The van der Waals surface area contributed by atoms with E-state index in [1.54, 1.807) is 42.5 Å². The first-order valence-electron chi connectivity index (χ1n) is 10.6. The molecule has 1 amide bonds. The standard InChI is InChI=1S/C26H22ClFN4O3/c27-18-4-9-22(17(11-18)13-28)31-19-5-10-24(34)21(12-19)23-8-3-16(25(29)32-23)14-30-26(35)15-1-6-20(33)7-2-15/h1-12,31,33-34H,13-14H2,(H2,29,32)(H,30,35). The second-order valence-electron chi connectivity index (χ2n) is 7.76. The lowest BCUT2D eigenvalue weighted by Crippen LogP contribution is -2.23. The lowest BCUT2D eigenvalue weighted by Gasteiger charge is -2.14. The molecule has 0 saturated carbocycles. The van der Waals surface area contributed by atoms with Gasteiger partial charge in [0.15, 0.2) is 0 Å². The summed E-state index contributed by atoms with van der Waals surface area (Å²) in [5.74, 6) is -0.0507. The van der Waals surface area contributed by atoms with E-state index < -0.39 is 6.67 Å². The van der Waals surface area contributed by atoms with Crippen molar-refractivity contribution in [2.75, 3.05) is 11.1 Å². The highest BCUT2D eigenvalue weighted by atomic mass is 35.5. The van der Waals surface area contributed by atoms with E-state index in [0.717, 1.165) is 0 Å². The van der Waals surface area contributed by atoms with Crippen LogP contribution in [-0.4, -0.2) is 21.1 Å². The van der Waals surface area contributed by atoms with Crippen LogP contribution in [0, 0.1) is 0 Å². The Balaban J connectivity index is 1.51. The molecule has 1 aromatic heterocycles. The normalized spacial score (nSPS) is 10.7. The van der Waals surface area contributed by atoms with Crippen molar-refractivity contribution in [1.29, 1.82) is 0 Å².